The maximum Gasteiger partial charge on any atom is 0.339 e. The van der Waals surface area contributed by atoms with E-state index in [1.165, 1.54) is 7.11 Å². The van der Waals surface area contributed by atoms with Crippen molar-refractivity contribution in [3.8, 4) is 0 Å². The number of morpholine rings is 1. The first kappa shape index (κ1) is 18.9. The first-order chi connectivity index (χ1) is 13.0. The van der Waals surface area contributed by atoms with E-state index in [-0.39, 0.29) is 5.91 Å². The van der Waals surface area contributed by atoms with Crippen LogP contribution in [0.5, 0.6) is 0 Å². The summed E-state index contributed by atoms with van der Waals surface area (Å²) < 4.78 is 10.2. The molecule has 0 saturated carbocycles. The van der Waals surface area contributed by atoms with Gasteiger partial charge in [0.2, 0.25) is 0 Å². The SMILES string of the molecule is CCc1[nH]c(C(=O)Nc2ccc(N3CCOCC3)nc2)c(C)c1C(=O)OC. The standard InChI is InChI=1S/C19H24N4O4/c1-4-14-16(19(25)26-3)12(2)17(22-14)18(24)21-13-5-6-15(20-11-13)23-7-9-27-10-8-23/h5-6,11,22H,4,7-10H2,1-3H3,(H,21,24). The summed E-state index contributed by atoms with van der Waals surface area (Å²) >= 11 is 0. The van der Waals surface area contributed by atoms with Gasteiger partial charge in [0.15, 0.2) is 0 Å². The van der Waals surface area contributed by atoms with Gasteiger partial charge in [-0.2, -0.15) is 0 Å². The molecule has 2 aromatic rings. The van der Waals surface area contributed by atoms with Gasteiger partial charge in [0.25, 0.3) is 5.91 Å². The molecule has 27 heavy (non-hydrogen) atoms. The molecule has 0 aliphatic carbocycles. The Kier molecular flexibility index (Phi) is 5.75. The Balaban J connectivity index is 1.75. The highest BCUT2D eigenvalue weighted by molar-refractivity contribution is 6.06. The van der Waals surface area contributed by atoms with E-state index in [2.05, 4.69) is 20.2 Å². The molecule has 3 heterocycles. The minimum Gasteiger partial charge on any atom is -0.465 e. The fourth-order valence-electron chi connectivity index (χ4n) is 3.16. The normalized spacial score (nSPS) is 14.1. The Morgan fingerprint density at radius 3 is 2.67 bits per heavy atom. The van der Waals surface area contributed by atoms with Crippen molar-refractivity contribution in [2.45, 2.75) is 20.3 Å². The van der Waals surface area contributed by atoms with Crippen molar-refractivity contribution in [3.63, 3.8) is 0 Å². The maximum atomic E-state index is 12.7. The van der Waals surface area contributed by atoms with E-state index < -0.39 is 5.97 Å². The molecule has 144 valence electrons. The highest BCUT2D eigenvalue weighted by atomic mass is 16.5. The number of pyridine rings is 1. The molecule has 3 rings (SSSR count). The van der Waals surface area contributed by atoms with Gasteiger partial charge in [-0.15, -0.1) is 0 Å². The summed E-state index contributed by atoms with van der Waals surface area (Å²) in [5.74, 6) is 0.0862. The smallest absolute Gasteiger partial charge is 0.339 e. The number of aryl methyl sites for hydroxylation is 1. The first-order valence-corrected chi connectivity index (χ1v) is 8.95. The Labute approximate surface area is 157 Å². The van der Waals surface area contributed by atoms with Gasteiger partial charge in [0.05, 0.1) is 37.8 Å². The fourth-order valence-corrected chi connectivity index (χ4v) is 3.16. The second kappa shape index (κ2) is 8.22. The van der Waals surface area contributed by atoms with Crippen LogP contribution in [0.15, 0.2) is 18.3 Å². The summed E-state index contributed by atoms with van der Waals surface area (Å²) in [6.45, 7) is 6.63. The molecule has 0 atom stereocenters. The minimum absolute atomic E-state index is 0.321. The van der Waals surface area contributed by atoms with Crippen LogP contribution in [0.1, 0.15) is 39.0 Å². The van der Waals surface area contributed by atoms with E-state index in [9.17, 15) is 9.59 Å². The number of nitrogens with zero attached hydrogens (tertiary/aromatic N) is 2. The molecule has 1 aliphatic rings. The molecule has 1 saturated heterocycles. The molecule has 1 amide bonds. The van der Waals surface area contributed by atoms with Crippen molar-refractivity contribution < 1.29 is 19.1 Å². The number of carbonyl (C=O) groups excluding carboxylic acids is 2. The van der Waals surface area contributed by atoms with Gasteiger partial charge >= 0.3 is 5.97 Å². The quantitative estimate of drug-likeness (QED) is 0.781. The Hall–Kier alpha value is -2.87. The lowest BCUT2D eigenvalue weighted by atomic mass is 10.1. The lowest BCUT2D eigenvalue weighted by Gasteiger charge is -2.27. The highest BCUT2D eigenvalue weighted by Crippen LogP contribution is 2.22. The number of hydrogen-bond acceptors (Lipinski definition) is 6. The van der Waals surface area contributed by atoms with Crippen LogP contribution in [-0.2, 0) is 15.9 Å². The van der Waals surface area contributed by atoms with Gasteiger partial charge in [0, 0.05) is 18.8 Å². The molecule has 2 N–H and O–H groups in total. The molecule has 0 bridgehead atoms. The van der Waals surface area contributed by atoms with E-state index in [4.69, 9.17) is 9.47 Å². The number of amides is 1. The molecule has 0 spiro atoms. The molecular formula is C19H24N4O4. The van der Waals surface area contributed by atoms with Crippen molar-refractivity contribution in [1.29, 1.82) is 0 Å². The number of hydrogen-bond donors (Lipinski definition) is 2. The summed E-state index contributed by atoms with van der Waals surface area (Å²) in [4.78, 5) is 34.3. The number of aromatic nitrogens is 2. The molecule has 0 radical (unpaired) electrons. The summed E-state index contributed by atoms with van der Waals surface area (Å²) in [5.41, 5.74) is 2.62. The molecule has 0 aromatic carbocycles. The average Bonchev–Trinajstić information content (AvgIpc) is 3.05. The third kappa shape index (κ3) is 3.95. The fraction of sp³-hybridized carbons (Fsp3) is 0.421. The van der Waals surface area contributed by atoms with Crippen LogP contribution >= 0.6 is 0 Å². The number of H-pyrrole nitrogens is 1. The average molecular weight is 372 g/mol. The molecule has 8 heteroatoms. The van der Waals surface area contributed by atoms with E-state index in [0.29, 0.717) is 47.8 Å². The van der Waals surface area contributed by atoms with Gasteiger partial charge in [0.1, 0.15) is 11.5 Å². The third-order valence-electron chi connectivity index (χ3n) is 4.64. The lowest BCUT2D eigenvalue weighted by Crippen LogP contribution is -2.36. The van der Waals surface area contributed by atoms with Gasteiger partial charge in [-0.25, -0.2) is 9.78 Å². The van der Waals surface area contributed by atoms with Crippen molar-refractivity contribution >= 4 is 23.4 Å². The van der Waals surface area contributed by atoms with Crippen molar-refractivity contribution in [2.24, 2.45) is 0 Å². The van der Waals surface area contributed by atoms with Crippen LogP contribution in [0.25, 0.3) is 0 Å². The van der Waals surface area contributed by atoms with Gasteiger partial charge in [-0.3, -0.25) is 4.79 Å². The summed E-state index contributed by atoms with van der Waals surface area (Å²) in [6, 6.07) is 3.69. The number of anilines is 2. The van der Waals surface area contributed by atoms with Crippen molar-refractivity contribution in [1.82, 2.24) is 9.97 Å². The predicted molar refractivity (Wildman–Crippen MR) is 101 cm³/mol. The van der Waals surface area contributed by atoms with Crippen LogP contribution in [0.3, 0.4) is 0 Å². The molecule has 8 nitrogen and oxygen atoms in total. The summed E-state index contributed by atoms with van der Waals surface area (Å²) in [7, 11) is 1.33. The molecule has 1 fully saturated rings. The Bertz CT molecular complexity index is 823. The molecule has 1 aliphatic heterocycles. The second-order valence-electron chi connectivity index (χ2n) is 6.28. The zero-order chi connectivity index (χ0) is 19.4. The zero-order valence-corrected chi connectivity index (χ0v) is 15.8. The maximum absolute atomic E-state index is 12.7. The first-order valence-electron chi connectivity index (χ1n) is 8.95. The van der Waals surface area contributed by atoms with E-state index in [1.54, 1.807) is 13.1 Å². The van der Waals surface area contributed by atoms with Gasteiger partial charge in [-0.1, -0.05) is 6.92 Å². The zero-order valence-electron chi connectivity index (χ0n) is 15.8. The second-order valence-corrected chi connectivity index (χ2v) is 6.28. The van der Waals surface area contributed by atoms with E-state index >= 15 is 0 Å². The van der Waals surface area contributed by atoms with Gasteiger partial charge < -0.3 is 24.7 Å². The van der Waals surface area contributed by atoms with Crippen LogP contribution in [-0.4, -0.2) is 55.3 Å². The lowest BCUT2D eigenvalue weighted by molar-refractivity contribution is 0.0599. The summed E-state index contributed by atoms with van der Waals surface area (Å²) in [5, 5.41) is 2.82. The predicted octanol–water partition coefficient (Wildman–Crippen LogP) is 2.16. The molecular weight excluding hydrogens is 348 g/mol. The number of methoxy groups -OCH3 is 1. The van der Waals surface area contributed by atoms with E-state index in [0.717, 1.165) is 18.9 Å². The number of esters is 1. The largest absolute Gasteiger partial charge is 0.465 e. The minimum atomic E-state index is -0.448. The third-order valence-corrected chi connectivity index (χ3v) is 4.64. The number of nitrogens with one attached hydrogen (secondary N) is 2. The number of carbonyl (C=O) groups is 2. The van der Waals surface area contributed by atoms with Crippen molar-refractivity contribution in [3.05, 3.63) is 40.8 Å². The highest BCUT2D eigenvalue weighted by Gasteiger charge is 2.23. The number of aromatic amines is 1. The molecule has 0 unspecified atom stereocenters. The van der Waals surface area contributed by atoms with Crippen LogP contribution in [0.4, 0.5) is 11.5 Å². The Morgan fingerprint density at radius 2 is 2.07 bits per heavy atom. The molecule has 2 aromatic heterocycles. The van der Waals surface area contributed by atoms with Crippen LogP contribution in [0, 0.1) is 6.92 Å². The van der Waals surface area contributed by atoms with Crippen molar-refractivity contribution in [2.75, 3.05) is 43.6 Å². The monoisotopic (exact) mass is 372 g/mol. The Morgan fingerprint density at radius 1 is 1.33 bits per heavy atom. The summed E-state index contributed by atoms with van der Waals surface area (Å²) in [6.07, 6.45) is 2.22. The topological polar surface area (TPSA) is 96.5 Å². The van der Waals surface area contributed by atoms with E-state index in [1.807, 2.05) is 19.1 Å². The van der Waals surface area contributed by atoms with Crippen LogP contribution < -0.4 is 10.2 Å². The van der Waals surface area contributed by atoms with Crippen LogP contribution in [0.2, 0.25) is 0 Å². The number of rotatable bonds is 5. The van der Waals surface area contributed by atoms with Gasteiger partial charge in [-0.05, 0) is 31.0 Å². The number of ether oxygens (including phenoxy) is 2.